The topological polar surface area (TPSA) is 86.0 Å². The van der Waals surface area contributed by atoms with Gasteiger partial charge in [0.05, 0.1) is 0 Å². The Bertz CT molecular complexity index is 692. The SMILES string of the molecule is CC(C)(C)c1ccc(CN2C=Cn3c(N)nnc3C2N)cc1. The second kappa shape index (κ2) is 5.14. The van der Waals surface area contributed by atoms with Gasteiger partial charge in [0.1, 0.15) is 6.17 Å². The van der Waals surface area contributed by atoms with Gasteiger partial charge in [0, 0.05) is 18.9 Å². The predicted molar refractivity (Wildman–Crippen MR) is 87.4 cm³/mol. The van der Waals surface area contributed by atoms with Crippen molar-refractivity contribution in [2.24, 2.45) is 5.73 Å². The number of hydrogen-bond acceptors (Lipinski definition) is 5. The maximum atomic E-state index is 6.25. The maximum absolute atomic E-state index is 6.25. The molecule has 0 radical (unpaired) electrons. The predicted octanol–water partition coefficient (Wildman–Crippen LogP) is 2.06. The number of nitrogens with zero attached hydrogens (tertiary/aromatic N) is 4. The number of rotatable bonds is 2. The number of anilines is 1. The zero-order valence-corrected chi connectivity index (χ0v) is 13.2. The van der Waals surface area contributed by atoms with Crippen LogP contribution in [0.4, 0.5) is 5.95 Å². The highest BCUT2D eigenvalue weighted by Gasteiger charge is 2.24. The Morgan fingerprint density at radius 2 is 1.77 bits per heavy atom. The molecule has 0 spiro atoms. The summed E-state index contributed by atoms with van der Waals surface area (Å²) in [4.78, 5) is 2.02. The van der Waals surface area contributed by atoms with E-state index in [9.17, 15) is 0 Å². The molecule has 6 heteroatoms. The average Bonchev–Trinajstić information content (AvgIpc) is 2.84. The van der Waals surface area contributed by atoms with Gasteiger partial charge in [0.15, 0.2) is 5.82 Å². The van der Waals surface area contributed by atoms with Gasteiger partial charge in [-0.2, -0.15) is 0 Å². The van der Waals surface area contributed by atoms with Crippen LogP contribution in [0.1, 0.15) is 43.9 Å². The molecule has 0 bridgehead atoms. The summed E-state index contributed by atoms with van der Waals surface area (Å²) in [5.41, 5.74) is 14.7. The van der Waals surface area contributed by atoms with E-state index in [1.165, 1.54) is 11.1 Å². The molecule has 0 fully saturated rings. The largest absolute Gasteiger partial charge is 0.368 e. The van der Waals surface area contributed by atoms with Crippen LogP contribution in [-0.2, 0) is 12.0 Å². The summed E-state index contributed by atoms with van der Waals surface area (Å²) in [6, 6.07) is 8.65. The van der Waals surface area contributed by atoms with E-state index in [0.29, 0.717) is 11.8 Å². The molecule has 1 aromatic heterocycles. The van der Waals surface area contributed by atoms with Crippen molar-refractivity contribution in [2.45, 2.75) is 38.9 Å². The summed E-state index contributed by atoms with van der Waals surface area (Å²) in [5.74, 6) is 1.02. The van der Waals surface area contributed by atoms with Gasteiger partial charge in [-0.1, -0.05) is 45.0 Å². The molecule has 22 heavy (non-hydrogen) atoms. The van der Waals surface area contributed by atoms with Gasteiger partial charge in [-0.15, -0.1) is 10.2 Å². The minimum atomic E-state index is -0.350. The summed E-state index contributed by atoms with van der Waals surface area (Å²) in [6.45, 7) is 7.35. The van der Waals surface area contributed by atoms with Crippen LogP contribution >= 0.6 is 0 Å². The first-order chi connectivity index (χ1) is 10.4. The Labute approximate surface area is 130 Å². The zero-order valence-electron chi connectivity index (χ0n) is 13.2. The Kier molecular flexibility index (Phi) is 3.41. The van der Waals surface area contributed by atoms with Crippen molar-refractivity contribution in [3.63, 3.8) is 0 Å². The van der Waals surface area contributed by atoms with Crippen LogP contribution in [0, 0.1) is 0 Å². The molecule has 116 valence electrons. The quantitative estimate of drug-likeness (QED) is 0.886. The molecular weight excluding hydrogens is 276 g/mol. The van der Waals surface area contributed by atoms with Crippen LogP contribution in [0.25, 0.3) is 6.20 Å². The first kappa shape index (κ1) is 14.6. The summed E-state index contributed by atoms with van der Waals surface area (Å²) >= 11 is 0. The van der Waals surface area contributed by atoms with E-state index in [2.05, 4.69) is 55.2 Å². The number of fused-ring (bicyclic) bond motifs is 1. The van der Waals surface area contributed by atoms with Gasteiger partial charge >= 0.3 is 0 Å². The van der Waals surface area contributed by atoms with Crippen LogP contribution in [0.3, 0.4) is 0 Å². The van der Waals surface area contributed by atoms with E-state index in [0.717, 1.165) is 6.54 Å². The van der Waals surface area contributed by atoms with E-state index < -0.39 is 0 Å². The lowest BCUT2D eigenvalue weighted by Crippen LogP contribution is -2.34. The summed E-state index contributed by atoms with van der Waals surface area (Å²) in [5, 5.41) is 7.91. The second-order valence-corrected chi connectivity index (χ2v) is 6.65. The molecule has 1 aromatic carbocycles. The number of nitrogen functional groups attached to an aromatic ring is 1. The average molecular weight is 298 g/mol. The summed E-state index contributed by atoms with van der Waals surface area (Å²) in [6.07, 6.45) is 3.42. The van der Waals surface area contributed by atoms with Crippen LogP contribution in [0.15, 0.2) is 30.5 Å². The van der Waals surface area contributed by atoms with Crippen LogP contribution in [0.5, 0.6) is 0 Å². The standard InChI is InChI=1S/C16H22N6/c1-16(2,3)12-6-4-11(5-7-12)10-21-8-9-22-14(13(21)17)19-20-15(22)18/h4-9,13H,10,17H2,1-3H3,(H2,18,20). The van der Waals surface area contributed by atoms with E-state index in [1.807, 2.05) is 17.3 Å². The number of benzene rings is 1. The van der Waals surface area contributed by atoms with Crippen LogP contribution < -0.4 is 11.5 Å². The van der Waals surface area contributed by atoms with Crippen molar-refractivity contribution in [3.05, 3.63) is 47.4 Å². The first-order valence-electron chi connectivity index (χ1n) is 7.35. The molecule has 6 nitrogen and oxygen atoms in total. The fraction of sp³-hybridized carbons (Fsp3) is 0.375. The minimum Gasteiger partial charge on any atom is -0.368 e. The van der Waals surface area contributed by atoms with Crippen LogP contribution in [0.2, 0.25) is 0 Å². The van der Waals surface area contributed by atoms with E-state index in [4.69, 9.17) is 11.5 Å². The molecule has 0 saturated carbocycles. The third-order valence-electron chi connectivity index (χ3n) is 3.96. The molecule has 4 N–H and O–H groups in total. The first-order valence-corrected chi connectivity index (χ1v) is 7.35. The van der Waals surface area contributed by atoms with E-state index in [1.54, 1.807) is 4.57 Å². The monoisotopic (exact) mass is 298 g/mol. The third kappa shape index (κ3) is 2.57. The fourth-order valence-corrected chi connectivity index (χ4v) is 2.54. The van der Waals surface area contributed by atoms with Gasteiger partial charge in [0.2, 0.25) is 5.95 Å². The van der Waals surface area contributed by atoms with Crippen molar-refractivity contribution >= 4 is 12.1 Å². The third-order valence-corrected chi connectivity index (χ3v) is 3.96. The molecule has 1 aliphatic heterocycles. The highest BCUT2D eigenvalue weighted by atomic mass is 15.4. The number of aromatic nitrogens is 3. The second-order valence-electron chi connectivity index (χ2n) is 6.65. The number of hydrogen-bond donors (Lipinski definition) is 2. The molecule has 3 rings (SSSR count). The van der Waals surface area contributed by atoms with Crippen molar-refractivity contribution in [2.75, 3.05) is 5.73 Å². The molecule has 2 aromatic rings. The summed E-state index contributed by atoms with van der Waals surface area (Å²) < 4.78 is 1.71. The fourth-order valence-electron chi connectivity index (χ4n) is 2.54. The molecule has 1 unspecified atom stereocenters. The lowest BCUT2D eigenvalue weighted by atomic mass is 9.87. The van der Waals surface area contributed by atoms with Gasteiger partial charge in [-0.05, 0) is 16.5 Å². The highest BCUT2D eigenvalue weighted by molar-refractivity contribution is 5.39. The van der Waals surface area contributed by atoms with Crippen molar-refractivity contribution in [1.29, 1.82) is 0 Å². The van der Waals surface area contributed by atoms with Gasteiger partial charge in [-0.3, -0.25) is 4.57 Å². The van der Waals surface area contributed by atoms with Crippen molar-refractivity contribution in [1.82, 2.24) is 19.7 Å². The van der Waals surface area contributed by atoms with Gasteiger partial charge in [-0.25, -0.2) is 0 Å². The van der Waals surface area contributed by atoms with Gasteiger partial charge in [0.25, 0.3) is 0 Å². The minimum absolute atomic E-state index is 0.161. The Morgan fingerprint density at radius 1 is 1.09 bits per heavy atom. The smallest absolute Gasteiger partial charge is 0.226 e. The van der Waals surface area contributed by atoms with Crippen LogP contribution in [-0.4, -0.2) is 19.7 Å². The highest BCUT2D eigenvalue weighted by Crippen LogP contribution is 2.25. The van der Waals surface area contributed by atoms with E-state index >= 15 is 0 Å². The Balaban J connectivity index is 1.77. The van der Waals surface area contributed by atoms with E-state index in [-0.39, 0.29) is 11.6 Å². The molecule has 0 aliphatic carbocycles. The van der Waals surface area contributed by atoms with Gasteiger partial charge < -0.3 is 16.4 Å². The maximum Gasteiger partial charge on any atom is 0.226 e. The molecule has 1 atom stereocenters. The molecular formula is C16H22N6. The molecule has 1 aliphatic rings. The van der Waals surface area contributed by atoms with Crippen molar-refractivity contribution < 1.29 is 0 Å². The number of nitrogens with two attached hydrogens (primary N) is 2. The molecule has 0 saturated heterocycles. The normalized spacial score (nSPS) is 17.6. The van der Waals surface area contributed by atoms with Crippen molar-refractivity contribution in [3.8, 4) is 0 Å². The Hall–Kier alpha value is -2.34. The lowest BCUT2D eigenvalue weighted by molar-refractivity contribution is 0.259. The Morgan fingerprint density at radius 3 is 2.41 bits per heavy atom. The molecule has 0 amide bonds. The molecule has 2 heterocycles. The zero-order chi connectivity index (χ0) is 15.9. The summed E-state index contributed by atoms with van der Waals surface area (Å²) in [7, 11) is 0. The lowest BCUT2D eigenvalue weighted by Gasteiger charge is -2.30.